The van der Waals surface area contributed by atoms with Gasteiger partial charge in [0, 0.05) is 11.4 Å². The van der Waals surface area contributed by atoms with E-state index in [2.05, 4.69) is 0 Å². The van der Waals surface area contributed by atoms with Crippen LogP contribution in [0, 0.1) is 0 Å². The fraction of sp³-hybridized carbons (Fsp3) is 0.222. The fourth-order valence-corrected chi connectivity index (χ4v) is 1.80. The predicted molar refractivity (Wildman–Crippen MR) is 52.8 cm³/mol. The Kier molecular flexibility index (Phi) is 1.88. The molecule has 1 aromatic carbocycles. The number of amides is 1. The molecule has 1 aliphatic rings. The lowest BCUT2D eigenvalue weighted by Crippen LogP contribution is -2.24. The van der Waals surface area contributed by atoms with Crippen molar-refractivity contribution in [2.75, 3.05) is 16.6 Å². The molecule has 0 atom stereocenters. The van der Waals surface area contributed by atoms with E-state index in [4.69, 9.17) is 17.3 Å². The Hall–Kier alpha value is -1.22. The zero-order valence-electron chi connectivity index (χ0n) is 6.96. The Balaban J connectivity index is 2.48. The van der Waals surface area contributed by atoms with Gasteiger partial charge in [-0.05, 0) is 23.8 Å². The highest BCUT2D eigenvalue weighted by atomic mass is 35.5. The van der Waals surface area contributed by atoms with Crippen molar-refractivity contribution in [2.24, 2.45) is 0 Å². The van der Waals surface area contributed by atoms with Crippen molar-refractivity contribution < 1.29 is 4.79 Å². The number of benzene rings is 1. The van der Waals surface area contributed by atoms with Crippen molar-refractivity contribution in [1.82, 2.24) is 0 Å². The predicted octanol–water partition coefficient (Wildman–Crippen LogP) is 1.35. The van der Waals surface area contributed by atoms with E-state index < -0.39 is 0 Å². The highest BCUT2D eigenvalue weighted by molar-refractivity contribution is 6.22. The van der Waals surface area contributed by atoms with Gasteiger partial charge < -0.3 is 5.73 Å². The summed E-state index contributed by atoms with van der Waals surface area (Å²) in [6, 6.07) is 5.63. The van der Waals surface area contributed by atoms with Crippen molar-refractivity contribution in [3.8, 4) is 0 Å². The number of anilines is 2. The van der Waals surface area contributed by atoms with Crippen molar-refractivity contribution in [3.05, 3.63) is 23.8 Å². The zero-order chi connectivity index (χ0) is 9.42. The summed E-state index contributed by atoms with van der Waals surface area (Å²) in [4.78, 5) is 12.9. The van der Waals surface area contributed by atoms with Crippen LogP contribution in [0.25, 0.3) is 0 Å². The molecule has 4 heteroatoms. The number of alkyl halides is 1. The maximum Gasteiger partial charge on any atom is 0.232 e. The number of fused-ring (bicyclic) bond motifs is 1. The Morgan fingerprint density at radius 3 is 3.00 bits per heavy atom. The van der Waals surface area contributed by atoms with Gasteiger partial charge in [-0.2, -0.15) is 0 Å². The van der Waals surface area contributed by atoms with Crippen LogP contribution in [0.3, 0.4) is 0 Å². The first-order valence-corrected chi connectivity index (χ1v) is 4.50. The molecule has 0 radical (unpaired) electrons. The lowest BCUT2D eigenvalue weighted by Gasteiger charge is -2.12. The van der Waals surface area contributed by atoms with Gasteiger partial charge in [0.05, 0.1) is 6.42 Å². The number of nitrogens with two attached hydrogens (primary N) is 1. The van der Waals surface area contributed by atoms with Crippen LogP contribution in [0.5, 0.6) is 0 Å². The molecule has 1 heterocycles. The van der Waals surface area contributed by atoms with Gasteiger partial charge in [-0.1, -0.05) is 0 Å². The number of hydrogen-bond acceptors (Lipinski definition) is 2. The first-order valence-electron chi connectivity index (χ1n) is 3.97. The summed E-state index contributed by atoms with van der Waals surface area (Å²) in [5.74, 6) is 0.0376. The van der Waals surface area contributed by atoms with Gasteiger partial charge in [0.25, 0.3) is 0 Å². The lowest BCUT2D eigenvalue weighted by atomic mass is 10.1. The Morgan fingerprint density at radius 1 is 1.54 bits per heavy atom. The molecule has 0 saturated heterocycles. The van der Waals surface area contributed by atoms with E-state index >= 15 is 0 Å². The van der Waals surface area contributed by atoms with Crippen LogP contribution in [0.2, 0.25) is 0 Å². The molecular formula is C9H9ClN2O. The molecule has 0 bridgehead atoms. The van der Waals surface area contributed by atoms with Gasteiger partial charge in [0.15, 0.2) is 0 Å². The number of rotatable bonds is 1. The summed E-state index contributed by atoms with van der Waals surface area (Å²) in [5, 5.41) is 0. The van der Waals surface area contributed by atoms with Crippen LogP contribution >= 0.6 is 11.6 Å². The first-order chi connectivity index (χ1) is 6.22. The number of carbonyl (C=O) groups is 1. The third kappa shape index (κ3) is 1.25. The van der Waals surface area contributed by atoms with E-state index in [-0.39, 0.29) is 11.9 Å². The second-order valence-electron chi connectivity index (χ2n) is 3.01. The summed E-state index contributed by atoms with van der Waals surface area (Å²) in [6.07, 6.45) is 0.410. The minimum absolute atomic E-state index is 0.0376. The summed E-state index contributed by atoms with van der Waals surface area (Å²) in [5.41, 5.74) is 8.13. The molecule has 13 heavy (non-hydrogen) atoms. The first kappa shape index (κ1) is 8.38. The smallest absolute Gasteiger partial charge is 0.232 e. The fourth-order valence-electron chi connectivity index (χ4n) is 1.53. The molecule has 0 spiro atoms. The highest BCUT2D eigenvalue weighted by Crippen LogP contribution is 2.30. The molecule has 68 valence electrons. The molecule has 2 N–H and O–H groups in total. The number of nitrogen functional groups attached to an aromatic ring is 1. The third-order valence-electron chi connectivity index (χ3n) is 2.16. The molecule has 0 saturated carbocycles. The molecule has 1 aliphatic heterocycles. The van der Waals surface area contributed by atoms with E-state index in [9.17, 15) is 4.79 Å². The normalized spacial score (nSPS) is 14.8. The van der Waals surface area contributed by atoms with Crippen LogP contribution in [0.4, 0.5) is 11.4 Å². The van der Waals surface area contributed by atoms with Crippen LogP contribution in [-0.2, 0) is 11.2 Å². The monoisotopic (exact) mass is 196 g/mol. The van der Waals surface area contributed by atoms with Crippen molar-refractivity contribution in [2.45, 2.75) is 6.42 Å². The molecule has 1 aromatic rings. The number of hydrogen-bond donors (Lipinski definition) is 1. The molecule has 3 nitrogen and oxygen atoms in total. The molecule has 1 amide bonds. The van der Waals surface area contributed by atoms with Crippen LogP contribution in [0.15, 0.2) is 18.2 Å². The summed E-state index contributed by atoms with van der Waals surface area (Å²) < 4.78 is 0. The molecule has 0 unspecified atom stereocenters. The summed E-state index contributed by atoms with van der Waals surface area (Å²) >= 11 is 5.64. The van der Waals surface area contributed by atoms with Gasteiger partial charge in [-0.25, -0.2) is 0 Å². The second kappa shape index (κ2) is 2.92. The molecule has 2 rings (SSSR count). The lowest BCUT2D eigenvalue weighted by molar-refractivity contribution is -0.117. The van der Waals surface area contributed by atoms with Crippen LogP contribution < -0.4 is 10.6 Å². The number of carbonyl (C=O) groups excluding carboxylic acids is 1. The van der Waals surface area contributed by atoms with E-state index in [1.54, 1.807) is 11.0 Å². The molecular weight excluding hydrogens is 188 g/mol. The summed E-state index contributed by atoms with van der Waals surface area (Å²) in [6.45, 7) is 0. The van der Waals surface area contributed by atoms with Gasteiger partial charge in [0.2, 0.25) is 5.91 Å². The van der Waals surface area contributed by atoms with Gasteiger partial charge in [0.1, 0.15) is 6.00 Å². The van der Waals surface area contributed by atoms with E-state index in [0.29, 0.717) is 12.1 Å². The quantitative estimate of drug-likeness (QED) is 0.419. The van der Waals surface area contributed by atoms with Crippen LogP contribution in [0.1, 0.15) is 5.56 Å². The van der Waals surface area contributed by atoms with Crippen molar-refractivity contribution >= 4 is 28.9 Å². The van der Waals surface area contributed by atoms with E-state index in [0.717, 1.165) is 11.3 Å². The minimum Gasteiger partial charge on any atom is -0.399 e. The van der Waals surface area contributed by atoms with Crippen molar-refractivity contribution in [3.63, 3.8) is 0 Å². The van der Waals surface area contributed by atoms with Crippen molar-refractivity contribution in [1.29, 1.82) is 0 Å². The molecule has 0 fully saturated rings. The Bertz CT molecular complexity index is 365. The van der Waals surface area contributed by atoms with E-state index in [1.165, 1.54) is 0 Å². The Labute approximate surface area is 81.1 Å². The van der Waals surface area contributed by atoms with Crippen LogP contribution in [-0.4, -0.2) is 11.9 Å². The minimum atomic E-state index is 0.0376. The summed E-state index contributed by atoms with van der Waals surface area (Å²) in [7, 11) is 0. The van der Waals surface area contributed by atoms with E-state index in [1.807, 2.05) is 12.1 Å². The largest absolute Gasteiger partial charge is 0.399 e. The van der Waals surface area contributed by atoms with Gasteiger partial charge in [-0.15, -0.1) is 11.6 Å². The standard InChI is InChI=1S/C9H9ClN2O/c10-5-12-8-2-1-7(11)3-6(8)4-9(12)13/h1-3H,4-5,11H2. The molecule has 0 aliphatic carbocycles. The maximum atomic E-state index is 11.4. The van der Waals surface area contributed by atoms with Gasteiger partial charge >= 0.3 is 0 Å². The number of nitrogens with zero attached hydrogens (tertiary/aromatic N) is 1. The second-order valence-corrected chi connectivity index (χ2v) is 3.25. The Morgan fingerprint density at radius 2 is 2.31 bits per heavy atom. The molecule has 0 aromatic heterocycles. The average molecular weight is 197 g/mol. The third-order valence-corrected chi connectivity index (χ3v) is 2.40. The number of halogens is 1. The maximum absolute atomic E-state index is 11.4. The SMILES string of the molecule is Nc1ccc2c(c1)CC(=O)N2CCl. The average Bonchev–Trinajstić information content (AvgIpc) is 2.39. The topological polar surface area (TPSA) is 46.3 Å². The highest BCUT2D eigenvalue weighted by Gasteiger charge is 2.25. The zero-order valence-corrected chi connectivity index (χ0v) is 7.71. The van der Waals surface area contributed by atoms with Gasteiger partial charge in [-0.3, -0.25) is 9.69 Å².